The van der Waals surface area contributed by atoms with E-state index in [4.69, 9.17) is 10.00 Å². The highest BCUT2D eigenvalue weighted by Gasteiger charge is 2.20. The zero-order chi connectivity index (χ0) is 20.0. The molecule has 7 nitrogen and oxygen atoms in total. The summed E-state index contributed by atoms with van der Waals surface area (Å²) < 4.78 is 5.47. The van der Waals surface area contributed by atoms with Gasteiger partial charge in [0.25, 0.3) is 5.91 Å². The van der Waals surface area contributed by atoms with Crippen molar-refractivity contribution in [1.29, 1.82) is 5.26 Å². The Morgan fingerprint density at radius 1 is 1.15 bits per heavy atom. The van der Waals surface area contributed by atoms with Gasteiger partial charge >= 0.3 is 5.69 Å². The number of nitro benzene ring substituents is 1. The first-order valence-corrected chi connectivity index (χ1v) is 8.45. The number of aryl methyl sites for hydroxylation is 3. The van der Waals surface area contributed by atoms with E-state index in [0.29, 0.717) is 5.69 Å². The van der Waals surface area contributed by atoms with Gasteiger partial charge in [0, 0.05) is 18.3 Å². The Bertz CT molecular complexity index is 882. The molecule has 2 rings (SSSR count). The van der Waals surface area contributed by atoms with Crippen molar-refractivity contribution in [3.8, 4) is 11.8 Å². The highest BCUT2D eigenvalue weighted by atomic mass is 16.6. The lowest BCUT2D eigenvalue weighted by atomic mass is 10.1. The van der Waals surface area contributed by atoms with Gasteiger partial charge in [0.1, 0.15) is 0 Å². The summed E-state index contributed by atoms with van der Waals surface area (Å²) in [6.45, 7) is 5.50. The minimum Gasteiger partial charge on any atom is -0.477 e. The van der Waals surface area contributed by atoms with Crippen molar-refractivity contribution in [3.63, 3.8) is 0 Å². The third kappa shape index (κ3) is 5.28. The number of nitro groups is 1. The second-order valence-corrected chi connectivity index (χ2v) is 6.32. The first-order chi connectivity index (χ1) is 12.8. The molecule has 2 aromatic carbocycles. The Hall–Kier alpha value is -3.40. The van der Waals surface area contributed by atoms with Gasteiger partial charge in [0.15, 0.2) is 12.4 Å². The van der Waals surface area contributed by atoms with Crippen LogP contribution in [0, 0.1) is 42.2 Å². The summed E-state index contributed by atoms with van der Waals surface area (Å²) in [5.74, 6) is -0.319. The molecule has 0 radical (unpaired) electrons. The van der Waals surface area contributed by atoms with E-state index in [1.165, 1.54) is 17.0 Å². The van der Waals surface area contributed by atoms with Gasteiger partial charge in [-0.25, -0.2) is 0 Å². The van der Waals surface area contributed by atoms with Crippen LogP contribution < -0.4 is 9.64 Å². The highest BCUT2D eigenvalue weighted by Crippen LogP contribution is 2.28. The molecule has 1 amide bonds. The molecule has 7 heteroatoms. The molecule has 0 aromatic heterocycles. The minimum absolute atomic E-state index is 0.0500. The van der Waals surface area contributed by atoms with E-state index in [1.54, 1.807) is 13.0 Å². The van der Waals surface area contributed by atoms with E-state index in [9.17, 15) is 14.9 Å². The van der Waals surface area contributed by atoms with Gasteiger partial charge in [-0.15, -0.1) is 0 Å². The maximum Gasteiger partial charge on any atom is 0.310 e. The number of ether oxygens (including phenoxy) is 1. The normalized spacial score (nSPS) is 10.1. The lowest BCUT2D eigenvalue weighted by Crippen LogP contribution is -2.36. The Morgan fingerprint density at radius 3 is 2.41 bits per heavy atom. The second-order valence-electron chi connectivity index (χ2n) is 6.32. The predicted octanol–water partition coefficient (Wildman–Crippen LogP) is 3.85. The van der Waals surface area contributed by atoms with Gasteiger partial charge in [-0.3, -0.25) is 14.9 Å². The fourth-order valence-corrected chi connectivity index (χ4v) is 2.77. The molecule has 0 aliphatic heterocycles. The van der Waals surface area contributed by atoms with Crippen LogP contribution in [0.1, 0.15) is 23.1 Å². The summed E-state index contributed by atoms with van der Waals surface area (Å²) in [6.07, 6.45) is 0.170. The molecule has 2 aromatic rings. The number of carbonyl (C=O) groups excluding carboxylic acids is 1. The maximum atomic E-state index is 12.7. The first-order valence-electron chi connectivity index (χ1n) is 8.45. The number of rotatable bonds is 7. The number of anilines is 1. The fourth-order valence-electron chi connectivity index (χ4n) is 2.77. The Kier molecular flexibility index (Phi) is 6.50. The van der Waals surface area contributed by atoms with Gasteiger partial charge in [-0.05, 0) is 55.7 Å². The molecule has 0 unspecified atom stereocenters. The molecule has 0 spiro atoms. The monoisotopic (exact) mass is 367 g/mol. The van der Waals surface area contributed by atoms with Crippen LogP contribution in [-0.4, -0.2) is 24.0 Å². The summed E-state index contributed by atoms with van der Waals surface area (Å²) in [5, 5.41) is 20.0. The molecule has 0 heterocycles. The SMILES string of the molecule is Cc1cc(C)cc(N(CCC#N)C(=O)COc2cc(C)ccc2[N+](=O)[O-])c1. The first kappa shape index (κ1) is 19.9. The number of benzene rings is 2. The standard InChI is InChI=1S/C20H21N3O4/c1-14-5-6-18(23(25)26)19(12-14)27-13-20(24)22(8-4-7-21)17-10-15(2)9-16(3)11-17/h5-6,9-12H,4,8,13H2,1-3H3. The van der Waals surface area contributed by atoms with E-state index in [0.717, 1.165) is 16.7 Å². The molecule has 0 bridgehead atoms. The molecule has 27 heavy (non-hydrogen) atoms. The van der Waals surface area contributed by atoms with Crippen LogP contribution in [0.5, 0.6) is 5.75 Å². The van der Waals surface area contributed by atoms with Gasteiger partial charge in [-0.1, -0.05) is 12.1 Å². The minimum atomic E-state index is -0.545. The zero-order valence-corrected chi connectivity index (χ0v) is 15.6. The Morgan fingerprint density at radius 2 is 1.81 bits per heavy atom. The summed E-state index contributed by atoms with van der Waals surface area (Å²) >= 11 is 0. The van der Waals surface area contributed by atoms with E-state index < -0.39 is 4.92 Å². The van der Waals surface area contributed by atoms with Gasteiger partial charge in [0.05, 0.1) is 17.4 Å². The average Bonchev–Trinajstić information content (AvgIpc) is 2.59. The van der Waals surface area contributed by atoms with Crippen LogP contribution in [-0.2, 0) is 4.79 Å². The van der Waals surface area contributed by atoms with Crippen molar-refractivity contribution in [3.05, 3.63) is 63.2 Å². The van der Waals surface area contributed by atoms with Crippen molar-refractivity contribution in [2.75, 3.05) is 18.1 Å². The number of nitriles is 1. The van der Waals surface area contributed by atoms with E-state index in [-0.39, 0.29) is 36.9 Å². The molecule has 140 valence electrons. The van der Waals surface area contributed by atoms with Gasteiger partial charge in [-0.2, -0.15) is 5.26 Å². The molecule has 0 aliphatic carbocycles. The lowest BCUT2D eigenvalue weighted by Gasteiger charge is -2.23. The lowest BCUT2D eigenvalue weighted by molar-refractivity contribution is -0.385. The molecule has 0 N–H and O–H groups in total. The molecule has 0 atom stereocenters. The van der Waals surface area contributed by atoms with E-state index in [1.807, 2.05) is 38.1 Å². The van der Waals surface area contributed by atoms with Crippen molar-refractivity contribution in [1.82, 2.24) is 0 Å². The predicted molar refractivity (Wildman–Crippen MR) is 102 cm³/mol. The third-order valence-corrected chi connectivity index (χ3v) is 3.93. The van der Waals surface area contributed by atoms with Crippen LogP contribution in [0.2, 0.25) is 0 Å². The van der Waals surface area contributed by atoms with Crippen LogP contribution in [0.4, 0.5) is 11.4 Å². The molecule has 0 saturated carbocycles. The maximum absolute atomic E-state index is 12.7. The Labute approximate surface area is 157 Å². The van der Waals surface area contributed by atoms with Crippen LogP contribution in [0.3, 0.4) is 0 Å². The van der Waals surface area contributed by atoms with Crippen LogP contribution >= 0.6 is 0 Å². The van der Waals surface area contributed by atoms with Gasteiger partial charge in [0.2, 0.25) is 0 Å². The third-order valence-electron chi connectivity index (χ3n) is 3.93. The van der Waals surface area contributed by atoms with E-state index >= 15 is 0 Å². The van der Waals surface area contributed by atoms with Crippen molar-refractivity contribution in [2.24, 2.45) is 0 Å². The summed E-state index contributed by atoms with van der Waals surface area (Å²) in [5.41, 5.74) is 3.27. The van der Waals surface area contributed by atoms with E-state index in [2.05, 4.69) is 0 Å². The van der Waals surface area contributed by atoms with Gasteiger partial charge < -0.3 is 9.64 Å². The summed E-state index contributed by atoms with van der Waals surface area (Å²) in [6, 6.07) is 12.2. The fraction of sp³-hybridized carbons (Fsp3) is 0.300. The van der Waals surface area contributed by atoms with Crippen LogP contribution in [0.25, 0.3) is 0 Å². The number of hydrogen-bond donors (Lipinski definition) is 0. The Balaban J connectivity index is 2.23. The largest absolute Gasteiger partial charge is 0.477 e. The average molecular weight is 367 g/mol. The number of hydrogen-bond acceptors (Lipinski definition) is 5. The summed E-state index contributed by atoms with van der Waals surface area (Å²) in [4.78, 5) is 24.8. The van der Waals surface area contributed by atoms with Crippen LogP contribution in [0.15, 0.2) is 36.4 Å². The highest BCUT2D eigenvalue weighted by molar-refractivity contribution is 5.94. The van der Waals surface area contributed by atoms with Crippen molar-refractivity contribution < 1.29 is 14.5 Å². The topological polar surface area (TPSA) is 96.5 Å². The number of carbonyl (C=O) groups is 1. The number of amides is 1. The molecule has 0 aliphatic rings. The molecular formula is C20H21N3O4. The van der Waals surface area contributed by atoms with Crippen molar-refractivity contribution >= 4 is 17.3 Å². The smallest absolute Gasteiger partial charge is 0.310 e. The van der Waals surface area contributed by atoms with Crippen molar-refractivity contribution in [2.45, 2.75) is 27.2 Å². The quantitative estimate of drug-likeness (QED) is 0.547. The molecular weight excluding hydrogens is 346 g/mol. The summed E-state index contributed by atoms with van der Waals surface area (Å²) in [7, 11) is 0. The second kappa shape index (κ2) is 8.81. The molecule has 0 fully saturated rings. The zero-order valence-electron chi connectivity index (χ0n) is 15.6. The molecule has 0 saturated heterocycles. The number of nitrogens with zero attached hydrogens (tertiary/aromatic N) is 3.